The Morgan fingerprint density at radius 3 is 1.62 bits per heavy atom. The molecule has 11 heteroatoms. The SMILES string of the molecule is O=C1C(=Cc2cc3c(s2)-c2sc(N=c4c(=O)c5ccccc5c4=O)cc2C3(C(=O)OCc2ccccc2)C(=O)OCc2ccccc2)C(=O)c2ccccc21. The Balaban J connectivity index is 1.23. The zero-order chi connectivity index (χ0) is 37.8. The van der Waals surface area contributed by atoms with Crippen molar-refractivity contribution in [2.45, 2.75) is 18.6 Å². The second kappa shape index (κ2) is 13.3. The minimum Gasteiger partial charge on any atom is -0.459 e. The molecule has 0 saturated heterocycles. The van der Waals surface area contributed by atoms with Crippen molar-refractivity contribution in [3.05, 3.63) is 191 Å². The number of carbonyl (C=O) groups is 4. The van der Waals surface area contributed by atoms with Gasteiger partial charge in [-0.05, 0) is 29.3 Å². The maximum absolute atomic E-state index is 14.8. The molecule has 0 saturated carbocycles. The largest absolute Gasteiger partial charge is 0.459 e. The molecule has 0 atom stereocenters. The summed E-state index contributed by atoms with van der Waals surface area (Å²) in [4.78, 5) is 88.8. The van der Waals surface area contributed by atoms with Crippen molar-refractivity contribution in [2.75, 3.05) is 0 Å². The highest BCUT2D eigenvalue weighted by Crippen LogP contribution is 2.58. The summed E-state index contributed by atoms with van der Waals surface area (Å²) >= 11 is 2.27. The fourth-order valence-electron chi connectivity index (χ4n) is 7.13. The van der Waals surface area contributed by atoms with Crippen LogP contribution in [0.1, 0.15) is 47.8 Å². The number of benzene rings is 4. The van der Waals surface area contributed by atoms with E-state index < -0.39 is 39.8 Å². The van der Waals surface area contributed by atoms with Crippen LogP contribution in [-0.2, 0) is 37.7 Å². The van der Waals surface area contributed by atoms with Crippen molar-refractivity contribution in [1.82, 2.24) is 0 Å². The lowest BCUT2D eigenvalue weighted by atomic mass is 9.79. The van der Waals surface area contributed by atoms with Crippen molar-refractivity contribution < 1.29 is 28.7 Å². The highest BCUT2D eigenvalue weighted by Gasteiger charge is 2.60. The van der Waals surface area contributed by atoms with Gasteiger partial charge in [0.15, 0.2) is 16.9 Å². The van der Waals surface area contributed by atoms with E-state index >= 15 is 0 Å². The first-order valence-corrected chi connectivity index (χ1v) is 18.8. The van der Waals surface area contributed by atoms with Gasteiger partial charge in [-0.1, -0.05) is 109 Å². The first kappa shape index (κ1) is 34.1. The lowest BCUT2D eigenvalue weighted by Crippen LogP contribution is -2.45. The molecule has 0 spiro atoms. The zero-order valence-electron chi connectivity index (χ0n) is 28.6. The van der Waals surface area contributed by atoms with Gasteiger partial charge in [-0.3, -0.25) is 28.8 Å². The highest BCUT2D eigenvalue weighted by atomic mass is 32.1. The highest BCUT2D eigenvalue weighted by molar-refractivity contribution is 7.25. The van der Waals surface area contributed by atoms with Gasteiger partial charge in [0.1, 0.15) is 18.2 Å². The Hall–Kier alpha value is -6.69. The van der Waals surface area contributed by atoms with Crippen molar-refractivity contribution in [2.24, 2.45) is 4.99 Å². The van der Waals surface area contributed by atoms with Gasteiger partial charge in [-0.15, -0.1) is 22.7 Å². The molecule has 5 aromatic carbocycles. The zero-order valence-corrected chi connectivity index (χ0v) is 30.2. The molecule has 0 radical (unpaired) electrons. The molecule has 9 nitrogen and oxygen atoms in total. The number of ether oxygens (including phenoxy) is 2. The third kappa shape index (κ3) is 5.47. The smallest absolute Gasteiger partial charge is 0.333 e. The number of allylic oxidation sites excluding steroid dienone is 1. The number of rotatable bonds is 8. The van der Waals surface area contributed by atoms with Gasteiger partial charge in [0.25, 0.3) is 0 Å². The van der Waals surface area contributed by atoms with E-state index in [0.717, 1.165) is 11.3 Å². The van der Waals surface area contributed by atoms with E-state index in [2.05, 4.69) is 4.99 Å². The molecule has 266 valence electrons. The van der Waals surface area contributed by atoms with Crippen LogP contribution in [0.4, 0.5) is 5.00 Å². The van der Waals surface area contributed by atoms with Crippen LogP contribution < -0.4 is 16.2 Å². The molecule has 0 aliphatic heterocycles. The van der Waals surface area contributed by atoms with Gasteiger partial charge >= 0.3 is 11.9 Å². The summed E-state index contributed by atoms with van der Waals surface area (Å²) in [5.41, 5.74) is -0.804. The van der Waals surface area contributed by atoms with Crippen LogP contribution in [0.2, 0.25) is 0 Å². The molecule has 2 aromatic heterocycles. The molecule has 0 bridgehead atoms. The maximum Gasteiger partial charge on any atom is 0.333 e. The van der Waals surface area contributed by atoms with E-state index in [1.165, 1.54) is 23.5 Å². The average Bonchev–Trinajstić information content (AvgIpc) is 3.99. The van der Waals surface area contributed by atoms with Crippen LogP contribution in [0.15, 0.2) is 141 Å². The van der Waals surface area contributed by atoms with E-state index in [1.807, 2.05) is 12.1 Å². The topological polar surface area (TPSA) is 133 Å². The monoisotopic (exact) mass is 759 g/mol. The number of ketones is 2. The molecular formula is C44H25NO8S2. The van der Waals surface area contributed by atoms with Gasteiger partial charge in [0, 0.05) is 37.9 Å². The normalized spacial score (nSPS) is 13.7. The van der Waals surface area contributed by atoms with E-state index in [9.17, 15) is 28.8 Å². The Morgan fingerprint density at radius 2 is 1.07 bits per heavy atom. The van der Waals surface area contributed by atoms with Crippen molar-refractivity contribution in [3.8, 4) is 9.75 Å². The molecule has 0 unspecified atom stereocenters. The molecule has 55 heavy (non-hydrogen) atoms. The van der Waals surface area contributed by atoms with E-state index in [-0.39, 0.29) is 51.0 Å². The van der Waals surface area contributed by atoms with E-state index in [1.54, 1.807) is 103 Å². The van der Waals surface area contributed by atoms with Crippen molar-refractivity contribution >= 4 is 68.0 Å². The lowest BCUT2D eigenvalue weighted by Gasteiger charge is -2.26. The second-order valence-electron chi connectivity index (χ2n) is 13.0. The third-order valence-electron chi connectivity index (χ3n) is 9.78. The molecule has 0 amide bonds. The molecule has 7 aromatic rings. The molecule has 2 heterocycles. The Bertz CT molecular complexity index is 2810. The quantitative estimate of drug-likeness (QED) is 0.0700. The van der Waals surface area contributed by atoms with Crippen LogP contribution in [0.5, 0.6) is 0 Å². The summed E-state index contributed by atoms with van der Waals surface area (Å²) in [6, 6.07) is 34.2. The van der Waals surface area contributed by atoms with Gasteiger partial charge in [-0.2, -0.15) is 0 Å². The van der Waals surface area contributed by atoms with Gasteiger partial charge in [0.05, 0.1) is 15.3 Å². The summed E-state index contributed by atoms with van der Waals surface area (Å²) in [6.45, 7) is -0.304. The molecule has 2 aliphatic carbocycles. The number of nitrogens with zero attached hydrogens (tertiary/aromatic N) is 1. The Kier molecular flexibility index (Phi) is 8.25. The lowest BCUT2D eigenvalue weighted by molar-refractivity contribution is -0.164. The number of thiophene rings is 2. The van der Waals surface area contributed by atoms with Gasteiger partial charge in [0.2, 0.25) is 16.3 Å². The average molecular weight is 760 g/mol. The molecule has 0 N–H and O–H groups in total. The summed E-state index contributed by atoms with van der Waals surface area (Å²) in [5, 5.41) is 0.422. The molecule has 0 fully saturated rings. The first-order chi connectivity index (χ1) is 26.8. The summed E-state index contributed by atoms with van der Waals surface area (Å²) in [6.07, 6.45) is 1.48. The minimum absolute atomic E-state index is 0.0404. The van der Waals surface area contributed by atoms with Crippen LogP contribution in [0.25, 0.3) is 26.6 Å². The van der Waals surface area contributed by atoms with Crippen LogP contribution in [0, 0.1) is 0 Å². The second-order valence-corrected chi connectivity index (χ2v) is 15.1. The van der Waals surface area contributed by atoms with Crippen LogP contribution >= 0.6 is 22.7 Å². The Labute approximate surface area is 319 Å². The predicted molar refractivity (Wildman–Crippen MR) is 208 cm³/mol. The maximum atomic E-state index is 14.8. The fraction of sp³-hybridized carbons (Fsp3) is 0.0682. The Morgan fingerprint density at radius 1 is 0.600 bits per heavy atom. The van der Waals surface area contributed by atoms with E-state index in [4.69, 9.17) is 9.47 Å². The summed E-state index contributed by atoms with van der Waals surface area (Å²) in [5.74, 6) is -2.67. The first-order valence-electron chi connectivity index (χ1n) is 17.1. The van der Waals surface area contributed by atoms with Crippen LogP contribution in [-0.4, -0.2) is 23.5 Å². The van der Waals surface area contributed by atoms with Gasteiger partial charge in [-0.25, -0.2) is 4.99 Å². The molecule has 2 aliphatic rings. The van der Waals surface area contributed by atoms with Crippen LogP contribution in [0.3, 0.4) is 0 Å². The number of esters is 2. The molecular weight excluding hydrogens is 735 g/mol. The van der Waals surface area contributed by atoms with Crippen molar-refractivity contribution in [3.63, 3.8) is 0 Å². The third-order valence-corrected chi connectivity index (χ3v) is 12.1. The molecule has 9 rings (SSSR count). The summed E-state index contributed by atoms with van der Waals surface area (Å²) in [7, 11) is 0. The number of Topliss-reactive ketones (excluding diaryl/α,β-unsaturated/α-hetero) is 2. The minimum atomic E-state index is -2.17. The number of hydrogen-bond acceptors (Lipinski definition) is 11. The number of carbonyl (C=O) groups excluding carboxylic acids is 4. The van der Waals surface area contributed by atoms with E-state index in [0.29, 0.717) is 36.9 Å². The standard InChI is InChI=1S/C44H25NO8S2/c46-36-27-15-7-8-16-28(27)37(47)31(36)19-26-20-32-40(54-26)41-33(21-34(55-41)45-35-38(48)29-17-9-10-18-30(29)39(35)49)44(32,42(50)52-22-24-11-3-1-4-12-24)43(51)53-23-25-13-5-2-6-14-25/h1-21H,22-23H2. The van der Waals surface area contributed by atoms with Gasteiger partial charge < -0.3 is 9.47 Å². The van der Waals surface area contributed by atoms with Crippen molar-refractivity contribution in [1.29, 1.82) is 0 Å². The summed E-state index contributed by atoms with van der Waals surface area (Å²) < 4.78 is 11.9. The fourth-order valence-corrected chi connectivity index (χ4v) is 9.55. The number of hydrogen-bond donors (Lipinski definition) is 0. The predicted octanol–water partition coefficient (Wildman–Crippen LogP) is 7.01. The number of fused-ring (bicyclic) bond motifs is 5.